The summed E-state index contributed by atoms with van der Waals surface area (Å²) in [7, 11) is 2.00. The quantitative estimate of drug-likeness (QED) is 0.689. The van der Waals surface area contributed by atoms with Gasteiger partial charge in [0.05, 0.1) is 6.54 Å². The summed E-state index contributed by atoms with van der Waals surface area (Å²) < 4.78 is 2.04. The zero-order valence-electron chi connectivity index (χ0n) is 16.4. The fourth-order valence-corrected chi connectivity index (χ4v) is 3.03. The molecule has 1 saturated carbocycles. The molecule has 0 saturated heterocycles. The third-order valence-electron chi connectivity index (χ3n) is 4.98. The predicted molar refractivity (Wildman–Crippen MR) is 99.9 cm³/mol. The largest absolute Gasteiger partial charge is 0.353 e. The maximum Gasteiger partial charge on any atom is 0.242 e. The lowest BCUT2D eigenvalue weighted by Crippen LogP contribution is -2.47. The van der Waals surface area contributed by atoms with E-state index in [1.165, 1.54) is 0 Å². The van der Waals surface area contributed by atoms with E-state index in [0.29, 0.717) is 19.0 Å². The van der Waals surface area contributed by atoms with Crippen LogP contribution < -0.4 is 0 Å². The van der Waals surface area contributed by atoms with Crippen LogP contribution in [0.1, 0.15) is 52.7 Å². The molecule has 2 amide bonds. The summed E-state index contributed by atoms with van der Waals surface area (Å²) in [5.74, 6) is 0.740. The van der Waals surface area contributed by atoms with Crippen molar-refractivity contribution in [1.82, 2.24) is 14.4 Å². The number of amides is 2. The Balaban J connectivity index is 2.10. The number of nitrogens with zero attached hydrogens (tertiary/aromatic N) is 3. The third-order valence-corrected chi connectivity index (χ3v) is 4.98. The molecule has 1 fully saturated rings. The topological polar surface area (TPSA) is 45.6 Å². The zero-order chi connectivity index (χ0) is 18.6. The van der Waals surface area contributed by atoms with Crippen LogP contribution in [-0.4, -0.2) is 45.3 Å². The summed E-state index contributed by atoms with van der Waals surface area (Å²) in [6, 6.07) is 4.14. The SMILES string of the molecule is CC[C@H](C)N(CC(=O)N(Cc1cccn1C)CC(C)C)C(=O)C1CC1. The summed E-state index contributed by atoms with van der Waals surface area (Å²) in [6.45, 7) is 9.83. The van der Waals surface area contributed by atoms with Crippen LogP contribution in [0.15, 0.2) is 18.3 Å². The van der Waals surface area contributed by atoms with Gasteiger partial charge in [0.1, 0.15) is 6.54 Å². The van der Waals surface area contributed by atoms with Crippen LogP contribution in [0.3, 0.4) is 0 Å². The number of aryl methyl sites for hydroxylation is 1. The Morgan fingerprint density at radius 3 is 2.44 bits per heavy atom. The van der Waals surface area contributed by atoms with Crippen molar-refractivity contribution in [3.05, 3.63) is 24.0 Å². The highest BCUT2D eigenvalue weighted by molar-refractivity contribution is 5.87. The van der Waals surface area contributed by atoms with E-state index in [9.17, 15) is 9.59 Å². The average Bonchev–Trinajstić information content (AvgIpc) is 3.34. The molecule has 140 valence electrons. The standard InChI is InChI=1S/C20H33N3O2/c1-6-16(4)23(20(25)17-9-10-17)14-19(24)22(12-15(2)3)13-18-8-7-11-21(18)5/h7-8,11,15-17H,6,9-10,12-14H2,1-5H3/t16-/m0/s1. The van der Waals surface area contributed by atoms with Crippen LogP contribution in [0, 0.1) is 11.8 Å². The summed E-state index contributed by atoms with van der Waals surface area (Å²) in [4.78, 5) is 29.3. The molecule has 5 nitrogen and oxygen atoms in total. The van der Waals surface area contributed by atoms with Gasteiger partial charge in [0, 0.05) is 37.4 Å². The Morgan fingerprint density at radius 2 is 1.96 bits per heavy atom. The van der Waals surface area contributed by atoms with Gasteiger partial charge in [-0.1, -0.05) is 20.8 Å². The monoisotopic (exact) mass is 347 g/mol. The minimum atomic E-state index is 0.0456. The number of aromatic nitrogens is 1. The number of carbonyl (C=O) groups excluding carboxylic acids is 2. The molecule has 1 atom stereocenters. The van der Waals surface area contributed by atoms with E-state index in [0.717, 1.165) is 25.0 Å². The van der Waals surface area contributed by atoms with Crippen LogP contribution in [0.2, 0.25) is 0 Å². The Morgan fingerprint density at radius 1 is 1.28 bits per heavy atom. The van der Waals surface area contributed by atoms with Crippen molar-refractivity contribution in [2.75, 3.05) is 13.1 Å². The van der Waals surface area contributed by atoms with E-state index < -0.39 is 0 Å². The second-order valence-corrected chi connectivity index (χ2v) is 7.78. The van der Waals surface area contributed by atoms with Gasteiger partial charge in [-0.15, -0.1) is 0 Å². The van der Waals surface area contributed by atoms with E-state index in [1.807, 2.05) is 41.8 Å². The molecule has 2 rings (SSSR count). The molecule has 1 aromatic rings. The maximum atomic E-state index is 13.0. The first-order valence-electron chi connectivity index (χ1n) is 9.51. The first kappa shape index (κ1) is 19.5. The van der Waals surface area contributed by atoms with Gasteiger partial charge < -0.3 is 14.4 Å². The lowest BCUT2D eigenvalue weighted by atomic mass is 10.1. The first-order chi connectivity index (χ1) is 11.8. The Hall–Kier alpha value is -1.78. The van der Waals surface area contributed by atoms with Crippen molar-refractivity contribution in [2.45, 2.75) is 59.5 Å². The molecule has 1 aromatic heterocycles. The van der Waals surface area contributed by atoms with Crippen LogP contribution >= 0.6 is 0 Å². The molecule has 0 spiro atoms. The summed E-state index contributed by atoms with van der Waals surface area (Å²) >= 11 is 0. The molecule has 0 aliphatic heterocycles. The number of hydrogen-bond acceptors (Lipinski definition) is 2. The molecule has 0 unspecified atom stereocenters. The highest BCUT2D eigenvalue weighted by Crippen LogP contribution is 2.32. The van der Waals surface area contributed by atoms with E-state index in [-0.39, 0.29) is 30.3 Å². The fourth-order valence-electron chi connectivity index (χ4n) is 3.03. The lowest BCUT2D eigenvalue weighted by molar-refractivity contribution is -0.143. The molecular formula is C20H33N3O2. The van der Waals surface area contributed by atoms with E-state index in [1.54, 1.807) is 4.90 Å². The van der Waals surface area contributed by atoms with Gasteiger partial charge in [-0.2, -0.15) is 0 Å². The van der Waals surface area contributed by atoms with Crippen molar-refractivity contribution >= 4 is 11.8 Å². The summed E-state index contributed by atoms with van der Waals surface area (Å²) in [5.41, 5.74) is 1.11. The molecule has 1 heterocycles. The maximum absolute atomic E-state index is 13.0. The molecular weight excluding hydrogens is 314 g/mol. The second-order valence-electron chi connectivity index (χ2n) is 7.78. The second kappa shape index (κ2) is 8.54. The highest BCUT2D eigenvalue weighted by Gasteiger charge is 2.36. The summed E-state index contributed by atoms with van der Waals surface area (Å²) in [5, 5.41) is 0. The predicted octanol–water partition coefficient (Wildman–Crippen LogP) is 3.05. The number of rotatable bonds is 9. The van der Waals surface area contributed by atoms with Crippen LogP contribution in [0.5, 0.6) is 0 Å². The molecule has 0 bridgehead atoms. The van der Waals surface area contributed by atoms with Crippen molar-refractivity contribution in [1.29, 1.82) is 0 Å². The smallest absolute Gasteiger partial charge is 0.242 e. The van der Waals surface area contributed by atoms with Crippen LogP contribution in [0.25, 0.3) is 0 Å². The van der Waals surface area contributed by atoms with Gasteiger partial charge in [0.2, 0.25) is 11.8 Å². The van der Waals surface area contributed by atoms with Crippen molar-refractivity contribution < 1.29 is 9.59 Å². The van der Waals surface area contributed by atoms with Gasteiger partial charge >= 0.3 is 0 Å². The van der Waals surface area contributed by atoms with Crippen molar-refractivity contribution in [3.8, 4) is 0 Å². The highest BCUT2D eigenvalue weighted by atomic mass is 16.2. The number of hydrogen-bond donors (Lipinski definition) is 0. The summed E-state index contributed by atoms with van der Waals surface area (Å²) in [6.07, 6.45) is 4.81. The van der Waals surface area contributed by atoms with Gasteiger partial charge in [-0.25, -0.2) is 0 Å². The van der Waals surface area contributed by atoms with Gasteiger partial charge in [0.15, 0.2) is 0 Å². The minimum absolute atomic E-state index is 0.0456. The van der Waals surface area contributed by atoms with E-state index in [4.69, 9.17) is 0 Å². The third kappa shape index (κ3) is 5.35. The Labute approximate surface area is 152 Å². The molecule has 1 aliphatic rings. The van der Waals surface area contributed by atoms with Crippen LogP contribution in [0.4, 0.5) is 0 Å². The van der Waals surface area contributed by atoms with E-state index >= 15 is 0 Å². The molecule has 0 aromatic carbocycles. The fraction of sp³-hybridized carbons (Fsp3) is 0.700. The molecule has 5 heteroatoms. The Kier molecular flexibility index (Phi) is 6.68. The van der Waals surface area contributed by atoms with Gasteiger partial charge in [-0.05, 0) is 44.2 Å². The molecule has 25 heavy (non-hydrogen) atoms. The lowest BCUT2D eigenvalue weighted by Gasteiger charge is -2.32. The van der Waals surface area contributed by atoms with Crippen LogP contribution in [-0.2, 0) is 23.2 Å². The molecule has 0 N–H and O–H groups in total. The Bertz CT molecular complexity index is 590. The zero-order valence-corrected chi connectivity index (χ0v) is 16.4. The normalized spacial score (nSPS) is 15.3. The first-order valence-corrected chi connectivity index (χ1v) is 9.51. The van der Waals surface area contributed by atoms with Gasteiger partial charge in [0.25, 0.3) is 0 Å². The molecule has 1 aliphatic carbocycles. The molecule has 0 radical (unpaired) electrons. The number of carbonyl (C=O) groups is 2. The van der Waals surface area contributed by atoms with E-state index in [2.05, 4.69) is 20.8 Å². The van der Waals surface area contributed by atoms with Gasteiger partial charge in [-0.3, -0.25) is 9.59 Å². The van der Waals surface area contributed by atoms with Crippen molar-refractivity contribution in [3.63, 3.8) is 0 Å². The minimum Gasteiger partial charge on any atom is -0.353 e. The average molecular weight is 348 g/mol. The van der Waals surface area contributed by atoms with Crippen molar-refractivity contribution in [2.24, 2.45) is 18.9 Å².